The van der Waals surface area contributed by atoms with Gasteiger partial charge >= 0.3 is 0 Å². The quantitative estimate of drug-likeness (QED) is 0.843. The molecule has 0 fully saturated rings. The van der Waals surface area contributed by atoms with Gasteiger partial charge in [-0.2, -0.15) is 0 Å². The van der Waals surface area contributed by atoms with Gasteiger partial charge in [-0.15, -0.1) is 0 Å². The van der Waals surface area contributed by atoms with Gasteiger partial charge in [-0.05, 0) is 42.3 Å². The van der Waals surface area contributed by atoms with E-state index in [4.69, 9.17) is 4.74 Å². The first-order valence-corrected chi connectivity index (χ1v) is 7.31. The number of nitrogens with one attached hydrogen (secondary N) is 1. The van der Waals surface area contributed by atoms with Crippen LogP contribution in [0.25, 0.3) is 0 Å². The van der Waals surface area contributed by atoms with E-state index in [9.17, 15) is 4.39 Å². The highest BCUT2D eigenvalue weighted by Gasteiger charge is 2.14. The molecule has 1 unspecified atom stereocenters. The molecule has 21 heavy (non-hydrogen) atoms. The molecule has 0 radical (unpaired) electrons. The number of pyridine rings is 1. The molecule has 0 spiro atoms. The zero-order valence-corrected chi connectivity index (χ0v) is 12.5. The average Bonchev–Trinajstić information content (AvgIpc) is 2.52. The number of hydrogen-bond acceptors (Lipinski definition) is 3. The Morgan fingerprint density at radius 1 is 1.14 bits per heavy atom. The standard InChI is InChI=1S/C17H21FN2O/c1-3-9-21-16-10-14(11-19-12-16)17(20-4-2)13-5-7-15(18)8-6-13/h5-8,10-12,17,20H,3-4,9H2,1-2H3. The molecule has 0 aliphatic rings. The fraction of sp³-hybridized carbons (Fsp3) is 0.353. The molecule has 3 nitrogen and oxygen atoms in total. The number of nitrogens with zero attached hydrogens (tertiary/aromatic N) is 1. The van der Waals surface area contributed by atoms with Crippen molar-refractivity contribution < 1.29 is 9.13 Å². The van der Waals surface area contributed by atoms with E-state index in [0.29, 0.717) is 6.61 Å². The summed E-state index contributed by atoms with van der Waals surface area (Å²) in [6.45, 7) is 5.59. The molecule has 1 N–H and O–H groups in total. The number of aromatic nitrogens is 1. The second-order valence-corrected chi connectivity index (χ2v) is 4.84. The molecule has 0 saturated heterocycles. The average molecular weight is 288 g/mol. The molecule has 0 saturated carbocycles. The Hall–Kier alpha value is -1.94. The lowest BCUT2D eigenvalue weighted by Gasteiger charge is -2.19. The lowest BCUT2D eigenvalue weighted by molar-refractivity contribution is 0.315. The van der Waals surface area contributed by atoms with Crippen molar-refractivity contribution in [2.45, 2.75) is 26.3 Å². The normalized spacial score (nSPS) is 12.1. The van der Waals surface area contributed by atoms with Crippen molar-refractivity contribution in [1.29, 1.82) is 0 Å². The van der Waals surface area contributed by atoms with Gasteiger partial charge in [0.15, 0.2) is 0 Å². The molecule has 4 heteroatoms. The summed E-state index contributed by atoms with van der Waals surface area (Å²) in [4.78, 5) is 4.24. The summed E-state index contributed by atoms with van der Waals surface area (Å²) < 4.78 is 18.7. The number of hydrogen-bond donors (Lipinski definition) is 1. The Morgan fingerprint density at radius 3 is 2.57 bits per heavy atom. The maximum absolute atomic E-state index is 13.1. The van der Waals surface area contributed by atoms with Crippen LogP contribution in [0, 0.1) is 5.82 Å². The van der Waals surface area contributed by atoms with Gasteiger partial charge in [0.1, 0.15) is 11.6 Å². The van der Waals surface area contributed by atoms with Gasteiger partial charge in [0, 0.05) is 6.20 Å². The molecule has 1 heterocycles. The van der Waals surface area contributed by atoms with Crippen molar-refractivity contribution in [3.63, 3.8) is 0 Å². The molecule has 1 aromatic heterocycles. The molecule has 2 aromatic rings. The van der Waals surface area contributed by atoms with E-state index in [1.807, 2.05) is 19.2 Å². The van der Waals surface area contributed by atoms with E-state index >= 15 is 0 Å². The molecule has 1 aromatic carbocycles. The topological polar surface area (TPSA) is 34.1 Å². The lowest BCUT2D eigenvalue weighted by Crippen LogP contribution is -2.22. The molecule has 0 aliphatic heterocycles. The molecule has 2 rings (SSSR count). The SMILES string of the molecule is CCCOc1cncc(C(NCC)c2ccc(F)cc2)c1. The predicted octanol–water partition coefficient (Wildman–Crippen LogP) is 3.71. The van der Waals surface area contributed by atoms with Gasteiger partial charge in [0.25, 0.3) is 0 Å². The van der Waals surface area contributed by atoms with Gasteiger partial charge in [0.05, 0.1) is 18.8 Å². The third-order valence-corrected chi connectivity index (χ3v) is 3.15. The number of halogens is 1. The van der Waals surface area contributed by atoms with Crippen LogP contribution in [-0.4, -0.2) is 18.1 Å². The summed E-state index contributed by atoms with van der Waals surface area (Å²) in [5.41, 5.74) is 2.02. The zero-order chi connectivity index (χ0) is 15.1. The van der Waals surface area contributed by atoms with Crippen LogP contribution in [0.5, 0.6) is 5.75 Å². The van der Waals surface area contributed by atoms with Crippen LogP contribution >= 0.6 is 0 Å². The minimum absolute atomic E-state index is 0.0201. The van der Waals surface area contributed by atoms with Crippen molar-refractivity contribution in [2.75, 3.05) is 13.2 Å². The fourth-order valence-electron chi connectivity index (χ4n) is 2.18. The minimum atomic E-state index is -0.229. The number of rotatable bonds is 7. The molecule has 0 amide bonds. The zero-order valence-electron chi connectivity index (χ0n) is 12.5. The van der Waals surface area contributed by atoms with Gasteiger partial charge < -0.3 is 10.1 Å². The maximum Gasteiger partial charge on any atom is 0.137 e. The first kappa shape index (κ1) is 15.4. The van der Waals surface area contributed by atoms with Crippen LogP contribution in [0.3, 0.4) is 0 Å². The van der Waals surface area contributed by atoms with Crippen molar-refractivity contribution in [2.24, 2.45) is 0 Å². The first-order chi connectivity index (χ1) is 10.2. The smallest absolute Gasteiger partial charge is 0.137 e. The summed E-state index contributed by atoms with van der Waals surface area (Å²) in [5.74, 6) is 0.534. The molecular weight excluding hydrogens is 267 g/mol. The first-order valence-electron chi connectivity index (χ1n) is 7.31. The van der Waals surface area contributed by atoms with Crippen molar-refractivity contribution in [3.05, 3.63) is 59.7 Å². The Labute approximate surface area is 125 Å². The molecular formula is C17H21FN2O. The van der Waals surface area contributed by atoms with E-state index in [1.165, 1.54) is 12.1 Å². The Kier molecular flexibility index (Phi) is 5.69. The van der Waals surface area contributed by atoms with Gasteiger partial charge in [-0.25, -0.2) is 4.39 Å². The monoisotopic (exact) mass is 288 g/mol. The summed E-state index contributed by atoms with van der Waals surface area (Å²) in [7, 11) is 0. The molecule has 1 atom stereocenters. The Morgan fingerprint density at radius 2 is 1.90 bits per heavy atom. The summed E-state index contributed by atoms with van der Waals surface area (Å²) >= 11 is 0. The second kappa shape index (κ2) is 7.74. The third kappa shape index (κ3) is 4.26. The van der Waals surface area contributed by atoms with Gasteiger partial charge in [0.2, 0.25) is 0 Å². The number of benzene rings is 1. The number of ether oxygens (including phenoxy) is 1. The third-order valence-electron chi connectivity index (χ3n) is 3.15. The van der Waals surface area contributed by atoms with E-state index in [1.54, 1.807) is 18.3 Å². The maximum atomic E-state index is 13.1. The van der Waals surface area contributed by atoms with Crippen LogP contribution in [0.2, 0.25) is 0 Å². The lowest BCUT2D eigenvalue weighted by atomic mass is 10.00. The molecule has 0 aliphatic carbocycles. The van der Waals surface area contributed by atoms with Crippen LogP contribution in [0.4, 0.5) is 4.39 Å². The van der Waals surface area contributed by atoms with Crippen LogP contribution in [0.1, 0.15) is 37.4 Å². The minimum Gasteiger partial charge on any atom is -0.492 e. The molecule has 0 bridgehead atoms. The van der Waals surface area contributed by atoms with E-state index in [0.717, 1.165) is 29.8 Å². The van der Waals surface area contributed by atoms with Crippen molar-refractivity contribution >= 4 is 0 Å². The highest BCUT2D eigenvalue weighted by Crippen LogP contribution is 2.24. The van der Waals surface area contributed by atoms with Gasteiger partial charge in [-0.1, -0.05) is 26.0 Å². The van der Waals surface area contributed by atoms with Gasteiger partial charge in [-0.3, -0.25) is 4.98 Å². The van der Waals surface area contributed by atoms with Crippen LogP contribution in [0.15, 0.2) is 42.7 Å². The van der Waals surface area contributed by atoms with E-state index < -0.39 is 0 Å². The molecule has 112 valence electrons. The van der Waals surface area contributed by atoms with E-state index in [2.05, 4.69) is 17.2 Å². The van der Waals surface area contributed by atoms with Crippen LogP contribution < -0.4 is 10.1 Å². The largest absolute Gasteiger partial charge is 0.492 e. The highest BCUT2D eigenvalue weighted by molar-refractivity contribution is 5.34. The fourth-order valence-corrected chi connectivity index (χ4v) is 2.18. The summed E-state index contributed by atoms with van der Waals surface area (Å²) in [6.07, 6.45) is 4.49. The summed E-state index contributed by atoms with van der Waals surface area (Å²) in [6, 6.07) is 8.51. The van der Waals surface area contributed by atoms with Crippen molar-refractivity contribution in [3.8, 4) is 5.75 Å². The highest BCUT2D eigenvalue weighted by atomic mass is 19.1. The Bertz CT molecular complexity index is 557. The predicted molar refractivity (Wildman–Crippen MR) is 81.9 cm³/mol. The second-order valence-electron chi connectivity index (χ2n) is 4.84. The van der Waals surface area contributed by atoms with Crippen LogP contribution in [-0.2, 0) is 0 Å². The van der Waals surface area contributed by atoms with Crippen molar-refractivity contribution in [1.82, 2.24) is 10.3 Å². The Balaban J connectivity index is 2.27. The summed E-state index contributed by atoms with van der Waals surface area (Å²) in [5, 5.41) is 3.40. The van der Waals surface area contributed by atoms with E-state index in [-0.39, 0.29) is 11.9 Å².